The molecule has 6 heteroatoms. The highest BCUT2D eigenvalue weighted by molar-refractivity contribution is 5.79. The molecule has 3 rings (SSSR count). The first kappa shape index (κ1) is 21.1. The Morgan fingerprint density at radius 2 is 1.76 bits per heavy atom. The molecule has 1 saturated heterocycles. The zero-order chi connectivity index (χ0) is 20.5. The SMILES string of the molecule is CCNC(=NCc1ccnc(N(C)C)c1)NCc1ccc(CN2CCCC2)cc1. The van der Waals surface area contributed by atoms with Crippen LogP contribution in [0.15, 0.2) is 47.6 Å². The maximum atomic E-state index is 4.73. The molecule has 0 spiro atoms. The number of likely N-dealkylation sites (tertiary alicyclic amines) is 1. The molecule has 0 radical (unpaired) electrons. The maximum Gasteiger partial charge on any atom is 0.191 e. The molecule has 0 unspecified atom stereocenters. The number of nitrogens with one attached hydrogen (secondary N) is 2. The quantitative estimate of drug-likeness (QED) is 0.532. The Balaban J connectivity index is 1.54. The summed E-state index contributed by atoms with van der Waals surface area (Å²) in [5.74, 6) is 1.78. The van der Waals surface area contributed by atoms with E-state index in [0.717, 1.165) is 37.0 Å². The number of nitrogens with zero attached hydrogens (tertiary/aromatic N) is 4. The van der Waals surface area contributed by atoms with Crippen LogP contribution < -0.4 is 15.5 Å². The fourth-order valence-corrected chi connectivity index (χ4v) is 3.46. The van der Waals surface area contributed by atoms with Crippen LogP contribution in [0.4, 0.5) is 5.82 Å². The minimum Gasteiger partial charge on any atom is -0.363 e. The molecule has 2 N–H and O–H groups in total. The Morgan fingerprint density at radius 1 is 1.03 bits per heavy atom. The van der Waals surface area contributed by atoms with Gasteiger partial charge in [-0.15, -0.1) is 0 Å². The van der Waals surface area contributed by atoms with Crippen molar-refractivity contribution in [3.8, 4) is 0 Å². The van der Waals surface area contributed by atoms with Gasteiger partial charge in [-0.2, -0.15) is 0 Å². The molecule has 2 heterocycles. The lowest BCUT2D eigenvalue weighted by atomic mass is 10.1. The molecule has 0 amide bonds. The molecule has 0 atom stereocenters. The number of aliphatic imine (C=N–C) groups is 1. The number of pyridine rings is 1. The second-order valence-electron chi connectivity index (χ2n) is 7.77. The summed E-state index contributed by atoms with van der Waals surface area (Å²) in [5, 5.41) is 6.77. The predicted octanol–water partition coefficient (Wildman–Crippen LogP) is 3.00. The highest BCUT2D eigenvalue weighted by atomic mass is 15.2. The van der Waals surface area contributed by atoms with Crippen molar-refractivity contribution in [1.82, 2.24) is 20.5 Å². The Bertz CT molecular complexity index is 778. The number of hydrogen-bond donors (Lipinski definition) is 2. The average molecular weight is 395 g/mol. The summed E-state index contributed by atoms with van der Waals surface area (Å²) in [6, 6.07) is 13.0. The number of benzene rings is 1. The standard InChI is InChI=1S/C23H34N6/c1-4-24-23(27-17-21-11-12-25-22(15-21)28(2)3)26-16-19-7-9-20(10-8-19)18-29-13-5-6-14-29/h7-12,15H,4-6,13-14,16-18H2,1-3H3,(H2,24,26,27). The van der Waals surface area contributed by atoms with Crippen LogP contribution in [0.1, 0.15) is 36.5 Å². The topological polar surface area (TPSA) is 55.8 Å². The van der Waals surface area contributed by atoms with Crippen LogP contribution in [0.5, 0.6) is 0 Å². The first-order valence-corrected chi connectivity index (χ1v) is 10.6. The summed E-state index contributed by atoms with van der Waals surface area (Å²) < 4.78 is 0. The number of guanidine groups is 1. The molecular weight excluding hydrogens is 360 g/mol. The average Bonchev–Trinajstić information content (AvgIpc) is 3.24. The van der Waals surface area contributed by atoms with Gasteiger partial charge in [0.25, 0.3) is 0 Å². The Kier molecular flexibility index (Phi) is 7.87. The molecule has 1 aromatic carbocycles. The molecule has 1 fully saturated rings. The van der Waals surface area contributed by atoms with E-state index in [0.29, 0.717) is 6.54 Å². The third-order valence-corrected chi connectivity index (χ3v) is 5.12. The summed E-state index contributed by atoms with van der Waals surface area (Å²) in [7, 11) is 3.99. The van der Waals surface area contributed by atoms with Crippen molar-refractivity contribution >= 4 is 11.8 Å². The number of rotatable bonds is 8. The van der Waals surface area contributed by atoms with Gasteiger partial charge in [-0.1, -0.05) is 24.3 Å². The van der Waals surface area contributed by atoms with Gasteiger partial charge in [-0.05, 0) is 61.7 Å². The second kappa shape index (κ2) is 10.8. The normalized spacial score (nSPS) is 14.8. The molecular formula is C23H34N6. The lowest BCUT2D eigenvalue weighted by Gasteiger charge is -2.15. The van der Waals surface area contributed by atoms with Gasteiger partial charge in [0, 0.05) is 39.9 Å². The molecule has 0 aliphatic carbocycles. The Labute approximate surface area is 175 Å². The molecule has 156 valence electrons. The molecule has 1 aromatic heterocycles. The van der Waals surface area contributed by atoms with E-state index >= 15 is 0 Å². The lowest BCUT2D eigenvalue weighted by molar-refractivity contribution is 0.331. The van der Waals surface area contributed by atoms with Gasteiger partial charge in [0.15, 0.2) is 5.96 Å². The molecule has 2 aromatic rings. The monoisotopic (exact) mass is 394 g/mol. The third kappa shape index (κ3) is 6.75. The van der Waals surface area contributed by atoms with Crippen LogP contribution in [0.3, 0.4) is 0 Å². The van der Waals surface area contributed by atoms with Crippen molar-refractivity contribution in [3.63, 3.8) is 0 Å². The first-order chi connectivity index (χ1) is 14.1. The zero-order valence-electron chi connectivity index (χ0n) is 18.0. The van der Waals surface area contributed by atoms with Crippen molar-refractivity contribution in [2.24, 2.45) is 4.99 Å². The molecule has 1 aliphatic heterocycles. The van der Waals surface area contributed by atoms with Crippen molar-refractivity contribution in [3.05, 3.63) is 59.3 Å². The van der Waals surface area contributed by atoms with Crippen molar-refractivity contribution in [2.75, 3.05) is 38.6 Å². The fourth-order valence-electron chi connectivity index (χ4n) is 3.46. The zero-order valence-corrected chi connectivity index (χ0v) is 18.0. The van der Waals surface area contributed by atoms with E-state index in [4.69, 9.17) is 4.99 Å². The van der Waals surface area contributed by atoms with Crippen LogP contribution >= 0.6 is 0 Å². The summed E-state index contributed by atoms with van der Waals surface area (Å²) in [6.07, 6.45) is 4.51. The molecule has 29 heavy (non-hydrogen) atoms. The minimum atomic E-state index is 0.619. The first-order valence-electron chi connectivity index (χ1n) is 10.6. The lowest BCUT2D eigenvalue weighted by Crippen LogP contribution is -2.36. The van der Waals surface area contributed by atoms with Crippen LogP contribution in [0.2, 0.25) is 0 Å². The third-order valence-electron chi connectivity index (χ3n) is 5.12. The van der Waals surface area contributed by atoms with Crippen molar-refractivity contribution < 1.29 is 0 Å². The van der Waals surface area contributed by atoms with Gasteiger partial charge in [0.05, 0.1) is 6.54 Å². The van der Waals surface area contributed by atoms with E-state index < -0.39 is 0 Å². The highest BCUT2D eigenvalue weighted by Crippen LogP contribution is 2.13. The molecule has 0 saturated carbocycles. The van der Waals surface area contributed by atoms with E-state index in [-0.39, 0.29) is 0 Å². The van der Waals surface area contributed by atoms with Crippen molar-refractivity contribution in [2.45, 2.75) is 39.4 Å². The summed E-state index contributed by atoms with van der Waals surface area (Å²) in [5.41, 5.74) is 3.80. The van der Waals surface area contributed by atoms with Gasteiger partial charge >= 0.3 is 0 Å². The van der Waals surface area contributed by atoms with Crippen LogP contribution in [0.25, 0.3) is 0 Å². The Morgan fingerprint density at radius 3 is 2.45 bits per heavy atom. The molecule has 1 aliphatic rings. The van der Waals surface area contributed by atoms with Gasteiger partial charge in [0.1, 0.15) is 5.82 Å². The van der Waals surface area contributed by atoms with Gasteiger partial charge in [-0.25, -0.2) is 9.98 Å². The molecule has 6 nitrogen and oxygen atoms in total. The van der Waals surface area contributed by atoms with E-state index in [1.807, 2.05) is 31.3 Å². The second-order valence-corrected chi connectivity index (χ2v) is 7.77. The van der Waals surface area contributed by atoms with E-state index in [1.54, 1.807) is 0 Å². The van der Waals surface area contributed by atoms with Gasteiger partial charge < -0.3 is 15.5 Å². The van der Waals surface area contributed by atoms with Gasteiger partial charge in [-0.3, -0.25) is 4.90 Å². The minimum absolute atomic E-state index is 0.619. The molecule has 0 bridgehead atoms. The fraction of sp³-hybridized carbons (Fsp3) is 0.478. The smallest absolute Gasteiger partial charge is 0.191 e. The van der Waals surface area contributed by atoms with Crippen LogP contribution in [-0.2, 0) is 19.6 Å². The van der Waals surface area contributed by atoms with Crippen molar-refractivity contribution in [1.29, 1.82) is 0 Å². The summed E-state index contributed by atoms with van der Waals surface area (Å²) in [6.45, 7) is 7.83. The van der Waals surface area contributed by atoms with E-state index in [1.165, 1.54) is 37.1 Å². The predicted molar refractivity (Wildman–Crippen MR) is 121 cm³/mol. The largest absolute Gasteiger partial charge is 0.363 e. The summed E-state index contributed by atoms with van der Waals surface area (Å²) >= 11 is 0. The van der Waals surface area contributed by atoms with Crippen LogP contribution in [0, 0.1) is 0 Å². The van der Waals surface area contributed by atoms with Gasteiger partial charge in [0.2, 0.25) is 0 Å². The Hall–Kier alpha value is -2.60. The van der Waals surface area contributed by atoms with E-state index in [2.05, 4.69) is 57.8 Å². The van der Waals surface area contributed by atoms with Crippen LogP contribution in [-0.4, -0.2) is 49.6 Å². The highest BCUT2D eigenvalue weighted by Gasteiger charge is 2.11. The number of aromatic nitrogens is 1. The number of anilines is 1. The summed E-state index contributed by atoms with van der Waals surface area (Å²) in [4.78, 5) is 13.6. The number of hydrogen-bond acceptors (Lipinski definition) is 4. The van der Waals surface area contributed by atoms with E-state index in [9.17, 15) is 0 Å². The maximum absolute atomic E-state index is 4.73.